The number of rotatable bonds is 6. The first-order chi connectivity index (χ1) is 20.9. The van der Waals surface area contributed by atoms with E-state index in [9.17, 15) is 31.2 Å². The van der Waals surface area contributed by atoms with Crippen molar-refractivity contribution < 1.29 is 36.0 Å². The molecule has 18 heteroatoms. The lowest BCUT2D eigenvalue weighted by Gasteiger charge is -2.40. The van der Waals surface area contributed by atoms with E-state index in [0.29, 0.717) is 34.6 Å². The smallest absolute Gasteiger partial charge is 0.410 e. The van der Waals surface area contributed by atoms with Gasteiger partial charge in [0.2, 0.25) is 15.9 Å². The van der Waals surface area contributed by atoms with Crippen LogP contribution < -0.4 is 4.72 Å². The molecule has 2 aliphatic rings. The van der Waals surface area contributed by atoms with Crippen molar-refractivity contribution in [2.24, 2.45) is 0 Å². The van der Waals surface area contributed by atoms with Gasteiger partial charge in [-0.15, -0.1) is 11.3 Å². The van der Waals surface area contributed by atoms with Gasteiger partial charge in [0.1, 0.15) is 10.6 Å². The summed E-state index contributed by atoms with van der Waals surface area (Å²) in [5, 5.41) is 1.08. The number of aromatic amines is 1. The number of nitrogens with zero attached hydrogens (tertiary/aromatic N) is 4. The summed E-state index contributed by atoms with van der Waals surface area (Å²) in [7, 11) is -8.00. The van der Waals surface area contributed by atoms with Gasteiger partial charge in [0.05, 0.1) is 24.5 Å². The summed E-state index contributed by atoms with van der Waals surface area (Å²) < 4.78 is 59.3. The molecule has 0 saturated carbocycles. The van der Waals surface area contributed by atoms with Crippen LogP contribution in [-0.4, -0.2) is 103 Å². The molecule has 1 unspecified atom stereocenters. The van der Waals surface area contributed by atoms with Crippen molar-refractivity contribution in [3.63, 3.8) is 0 Å². The first kappa shape index (κ1) is 33.1. The number of sulfonamides is 2. The molecule has 2 aromatic heterocycles. The number of aromatic nitrogens is 2. The zero-order chi connectivity index (χ0) is 32.9. The van der Waals surface area contributed by atoms with Crippen LogP contribution in [0.2, 0.25) is 5.02 Å². The number of hydrogen-bond donors (Lipinski definition) is 2. The highest BCUT2D eigenvalue weighted by Gasteiger charge is 2.40. The van der Waals surface area contributed by atoms with Gasteiger partial charge in [0, 0.05) is 59.8 Å². The van der Waals surface area contributed by atoms with Gasteiger partial charge in [-0.1, -0.05) is 11.6 Å². The number of ether oxygens (including phenoxy) is 1. The fourth-order valence-corrected chi connectivity index (χ4v) is 8.44. The van der Waals surface area contributed by atoms with Crippen LogP contribution in [0.25, 0.3) is 10.9 Å². The molecular formula is C27H33ClN6O8S3. The van der Waals surface area contributed by atoms with Crippen molar-refractivity contribution in [3.05, 3.63) is 44.9 Å². The SMILES string of the molecule is CC(C)(C)OC(=O)N1CCc2nc(C(=O)N3CCN(S(=O)(=O)c4cc5cc(Cl)ccc5[nH]4)CC3CC(=O)NS(C)(=O)=O)sc2C1. The lowest BCUT2D eigenvalue weighted by atomic mass is 10.1. The Morgan fingerprint density at radius 1 is 1.13 bits per heavy atom. The molecule has 2 aliphatic heterocycles. The fourth-order valence-electron chi connectivity index (χ4n) is 5.20. The Hall–Kier alpha value is -3.25. The molecule has 4 heterocycles. The second-order valence-corrected chi connectivity index (χ2v) is 17.1. The fraction of sp³-hybridized carbons (Fsp3) is 0.481. The number of H-pyrrole nitrogens is 1. The standard InChI is InChI=1S/C27H33ClN6O8S3/c1-27(2,3)42-26(37)32-8-7-20-21(15-32)43-24(30-20)25(36)34-10-9-33(14-18(34)13-22(35)31-44(4,38)39)45(40,41)23-12-16-11-17(28)5-6-19(16)29-23/h5-6,11-12,18,29H,7-10,13-15H2,1-4H3,(H,31,35). The Bertz CT molecular complexity index is 1880. The molecule has 14 nitrogen and oxygen atoms in total. The highest BCUT2D eigenvalue weighted by Crippen LogP contribution is 2.30. The maximum atomic E-state index is 13.8. The van der Waals surface area contributed by atoms with E-state index < -0.39 is 56.0 Å². The molecule has 1 fully saturated rings. The number of fused-ring (bicyclic) bond motifs is 2. The first-order valence-corrected chi connectivity index (χ1v) is 18.5. The third kappa shape index (κ3) is 7.60. The Labute approximate surface area is 269 Å². The molecule has 1 aromatic carbocycles. The van der Waals surface area contributed by atoms with Gasteiger partial charge in [0.15, 0.2) is 5.01 Å². The molecule has 1 saturated heterocycles. The summed E-state index contributed by atoms with van der Waals surface area (Å²) in [5.74, 6) is -1.40. The van der Waals surface area contributed by atoms with E-state index in [1.54, 1.807) is 43.9 Å². The van der Waals surface area contributed by atoms with Crippen LogP contribution in [0.15, 0.2) is 29.3 Å². The van der Waals surface area contributed by atoms with Crippen molar-refractivity contribution in [2.75, 3.05) is 32.4 Å². The van der Waals surface area contributed by atoms with Crippen LogP contribution >= 0.6 is 22.9 Å². The van der Waals surface area contributed by atoms with Gasteiger partial charge in [-0.25, -0.2) is 26.6 Å². The van der Waals surface area contributed by atoms with Crippen LogP contribution in [0, 0.1) is 0 Å². The molecule has 0 aliphatic carbocycles. The molecule has 244 valence electrons. The number of carbonyl (C=O) groups excluding carboxylic acids is 3. The summed E-state index contributed by atoms with van der Waals surface area (Å²) in [6.07, 6.45) is 0.306. The number of piperazine rings is 1. The van der Waals surface area contributed by atoms with E-state index in [4.69, 9.17) is 16.3 Å². The summed E-state index contributed by atoms with van der Waals surface area (Å²) in [5.41, 5.74) is 0.575. The van der Waals surface area contributed by atoms with Crippen molar-refractivity contribution in [1.29, 1.82) is 0 Å². The molecule has 3 amide bonds. The number of benzene rings is 1. The number of halogens is 1. The Balaban J connectivity index is 1.38. The van der Waals surface area contributed by atoms with E-state index in [2.05, 4.69) is 9.97 Å². The number of amides is 3. The zero-order valence-electron chi connectivity index (χ0n) is 25.0. The minimum atomic E-state index is -4.10. The summed E-state index contributed by atoms with van der Waals surface area (Å²) in [6.45, 7) is 5.49. The highest BCUT2D eigenvalue weighted by atomic mass is 35.5. The van der Waals surface area contributed by atoms with Crippen LogP contribution in [0.1, 0.15) is 47.6 Å². The molecule has 0 radical (unpaired) electrons. The summed E-state index contributed by atoms with van der Waals surface area (Å²) in [4.78, 5) is 50.1. The summed E-state index contributed by atoms with van der Waals surface area (Å²) in [6, 6.07) is 5.37. The Morgan fingerprint density at radius 3 is 2.56 bits per heavy atom. The molecule has 0 spiro atoms. The van der Waals surface area contributed by atoms with Crippen LogP contribution in [0.3, 0.4) is 0 Å². The third-order valence-electron chi connectivity index (χ3n) is 7.17. The van der Waals surface area contributed by atoms with Crippen LogP contribution in [-0.2, 0) is 42.5 Å². The normalized spacial score (nSPS) is 18.1. The van der Waals surface area contributed by atoms with Gasteiger partial charge in [-0.3, -0.25) is 14.3 Å². The molecule has 5 rings (SSSR count). The quantitative estimate of drug-likeness (QED) is 0.391. The predicted octanol–water partition coefficient (Wildman–Crippen LogP) is 2.55. The zero-order valence-corrected chi connectivity index (χ0v) is 28.2. The van der Waals surface area contributed by atoms with Gasteiger partial charge in [-0.05, 0) is 45.0 Å². The van der Waals surface area contributed by atoms with E-state index in [1.807, 2.05) is 4.72 Å². The second kappa shape index (κ2) is 12.2. The number of hydrogen-bond acceptors (Lipinski definition) is 10. The lowest BCUT2D eigenvalue weighted by Crippen LogP contribution is -2.57. The predicted molar refractivity (Wildman–Crippen MR) is 167 cm³/mol. The Morgan fingerprint density at radius 2 is 1.87 bits per heavy atom. The second-order valence-electron chi connectivity index (χ2n) is 11.9. The monoisotopic (exact) mass is 700 g/mol. The van der Waals surface area contributed by atoms with E-state index >= 15 is 0 Å². The topological polar surface area (TPSA) is 179 Å². The lowest BCUT2D eigenvalue weighted by molar-refractivity contribution is -0.120. The van der Waals surface area contributed by atoms with Crippen LogP contribution in [0.5, 0.6) is 0 Å². The van der Waals surface area contributed by atoms with Gasteiger partial charge >= 0.3 is 6.09 Å². The maximum absolute atomic E-state index is 13.8. The molecule has 2 N–H and O–H groups in total. The van der Waals surface area contributed by atoms with Gasteiger partial charge in [-0.2, -0.15) is 4.31 Å². The molecular weight excluding hydrogens is 668 g/mol. The minimum Gasteiger partial charge on any atom is -0.444 e. The number of nitrogens with one attached hydrogen (secondary N) is 2. The van der Waals surface area contributed by atoms with E-state index in [-0.39, 0.29) is 36.2 Å². The highest BCUT2D eigenvalue weighted by molar-refractivity contribution is 7.89. The van der Waals surface area contributed by atoms with Crippen LogP contribution in [0.4, 0.5) is 4.79 Å². The van der Waals surface area contributed by atoms with Gasteiger partial charge in [0.25, 0.3) is 15.9 Å². The third-order valence-corrected chi connectivity index (χ3v) is 10.9. The first-order valence-electron chi connectivity index (χ1n) is 14.0. The average Bonchev–Trinajstić information content (AvgIpc) is 3.54. The van der Waals surface area contributed by atoms with E-state index in [1.165, 1.54) is 11.0 Å². The largest absolute Gasteiger partial charge is 0.444 e. The summed E-state index contributed by atoms with van der Waals surface area (Å²) >= 11 is 7.18. The minimum absolute atomic E-state index is 0.0742. The molecule has 0 bridgehead atoms. The van der Waals surface area contributed by atoms with Crippen molar-refractivity contribution in [2.45, 2.75) is 56.8 Å². The number of thiazole rings is 1. The maximum Gasteiger partial charge on any atom is 0.410 e. The van der Waals surface area contributed by atoms with Crippen molar-refractivity contribution >= 4 is 71.8 Å². The Kier molecular flexibility index (Phi) is 8.95. The van der Waals surface area contributed by atoms with Gasteiger partial charge < -0.3 is 19.5 Å². The molecule has 45 heavy (non-hydrogen) atoms. The average molecular weight is 701 g/mol. The molecule has 1 atom stereocenters. The van der Waals surface area contributed by atoms with Crippen molar-refractivity contribution in [1.82, 2.24) is 28.8 Å². The van der Waals surface area contributed by atoms with Crippen molar-refractivity contribution in [3.8, 4) is 0 Å². The number of carbonyl (C=O) groups is 3. The molecule has 3 aromatic rings. The van der Waals surface area contributed by atoms with E-state index in [0.717, 1.165) is 26.8 Å².